The Morgan fingerprint density at radius 3 is 2.96 bits per heavy atom. The van der Waals surface area contributed by atoms with E-state index in [4.69, 9.17) is 4.98 Å². The lowest BCUT2D eigenvalue weighted by atomic mass is 10.0. The summed E-state index contributed by atoms with van der Waals surface area (Å²) >= 11 is 0. The first-order valence-corrected chi connectivity index (χ1v) is 8.05. The lowest BCUT2D eigenvalue weighted by Gasteiger charge is -2.12. The van der Waals surface area contributed by atoms with Crippen molar-refractivity contribution >= 4 is 11.2 Å². The number of hydrogen-bond donors (Lipinski definition) is 1. The van der Waals surface area contributed by atoms with Crippen LogP contribution in [0.5, 0.6) is 0 Å². The summed E-state index contributed by atoms with van der Waals surface area (Å²) in [7, 11) is 0. The second-order valence-corrected chi connectivity index (χ2v) is 6.11. The van der Waals surface area contributed by atoms with Crippen molar-refractivity contribution in [1.82, 2.24) is 19.9 Å². The zero-order valence-corrected chi connectivity index (χ0v) is 12.9. The number of fused-ring (bicyclic) bond motifs is 1. The molecule has 1 aromatic carbocycles. The Kier molecular flexibility index (Phi) is 3.79. The molecule has 1 atom stereocenters. The van der Waals surface area contributed by atoms with Crippen molar-refractivity contribution in [3.63, 3.8) is 0 Å². The van der Waals surface area contributed by atoms with Gasteiger partial charge in [-0.2, -0.15) is 0 Å². The molecule has 1 fully saturated rings. The normalized spacial score (nSPS) is 17.9. The second kappa shape index (κ2) is 6.08. The largest absolute Gasteiger partial charge is 0.316 e. The van der Waals surface area contributed by atoms with Crippen LogP contribution in [-0.2, 0) is 13.0 Å². The molecule has 2 aromatic heterocycles. The number of pyridine rings is 1. The minimum Gasteiger partial charge on any atom is -0.316 e. The van der Waals surface area contributed by atoms with E-state index in [1.807, 2.05) is 24.3 Å². The Balaban J connectivity index is 1.74. The predicted molar refractivity (Wildman–Crippen MR) is 87.7 cm³/mol. The van der Waals surface area contributed by atoms with E-state index in [-0.39, 0.29) is 5.82 Å². The summed E-state index contributed by atoms with van der Waals surface area (Å²) in [5, 5.41) is 3.39. The van der Waals surface area contributed by atoms with Crippen LogP contribution in [0.25, 0.3) is 11.2 Å². The monoisotopic (exact) mass is 310 g/mol. The Morgan fingerprint density at radius 2 is 2.13 bits per heavy atom. The minimum atomic E-state index is -0.182. The number of hydrogen-bond acceptors (Lipinski definition) is 3. The fraction of sp³-hybridized carbons (Fsp3) is 0.333. The molecule has 0 amide bonds. The van der Waals surface area contributed by atoms with Crippen LogP contribution in [0.1, 0.15) is 17.8 Å². The van der Waals surface area contributed by atoms with Gasteiger partial charge in [0.25, 0.3) is 0 Å². The molecule has 4 nitrogen and oxygen atoms in total. The molecule has 118 valence electrons. The van der Waals surface area contributed by atoms with E-state index < -0.39 is 0 Å². The van der Waals surface area contributed by atoms with Gasteiger partial charge in [0.1, 0.15) is 17.2 Å². The molecule has 1 saturated heterocycles. The predicted octanol–water partition coefficient (Wildman–Crippen LogP) is 2.77. The Bertz CT molecular complexity index is 821. The van der Waals surface area contributed by atoms with Crippen LogP contribution in [0.4, 0.5) is 4.39 Å². The summed E-state index contributed by atoms with van der Waals surface area (Å²) in [6.07, 6.45) is 3.83. The average Bonchev–Trinajstić information content (AvgIpc) is 3.19. The number of imidazole rings is 1. The van der Waals surface area contributed by atoms with Crippen molar-refractivity contribution in [2.45, 2.75) is 19.4 Å². The molecule has 0 aliphatic carbocycles. The first-order chi connectivity index (χ1) is 11.3. The SMILES string of the molecule is Fc1ccccc1Cn1c(CC2CCNC2)nc2cccnc21. The van der Waals surface area contributed by atoms with Crippen LogP contribution >= 0.6 is 0 Å². The highest BCUT2D eigenvalue weighted by atomic mass is 19.1. The fourth-order valence-corrected chi connectivity index (χ4v) is 3.27. The van der Waals surface area contributed by atoms with Crippen LogP contribution in [0.2, 0.25) is 0 Å². The Morgan fingerprint density at radius 1 is 1.22 bits per heavy atom. The van der Waals surface area contributed by atoms with Gasteiger partial charge >= 0.3 is 0 Å². The molecule has 3 aromatic rings. The van der Waals surface area contributed by atoms with Crippen molar-refractivity contribution < 1.29 is 4.39 Å². The highest BCUT2D eigenvalue weighted by Crippen LogP contribution is 2.21. The van der Waals surface area contributed by atoms with Gasteiger partial charge in [0.05, 0.1) is 6.54 Å². The van der Waals surface area contributed by atoms with Gasteiger partial charge in [-0.25, -0.2) is 14.4 Å². The molecular formula is C18H19FN4. The van der Waals surface area contributed by atoms with Crippen molar-refractivity contribution in [1.29, 1.82) is 0 Å². The van der Waals surface area contributed by atoms with Crippen molar-refractivity contribution in [2.24, 2.45) is 5.92 Å². The molecular weight excluding hydrogens is 291 g/mol. The quantitative estimate of drug-likeness (QED) is 0.806. The molecule has 1 aliphatic rings. The third-order valence-corrected chi connectivity index (χ3v) is 4.50. The number of nitrogens with one attached hydrogen (secondary N) is 1. The first kappa shape index (κ1) is 14.3. The van der Waals surface area contributed by atoms with E-state index in [1.165, 1.54) is 6.07 Å². The van der Waals surface area contributed by atoms with Crippen LogP contribution < -0.4 is 5.32 Å². The van der Waals surface area contributed by atoms with Crippen molar-refractivity contribution in [3.8, 4) is 0 Å². The molecule has 1 aliphatic heterocycles. The summed E-state index contributed by atoms with van der Waals surface area (Å²) in [4.78, 5) is 9.22. The number of halogens is 1. The summed E-state index contributed by atoms with van der Waals surface area (Å²) in [5.74, 6) is 1.40. The van der Waals surface area contributed by atoms with Gasteiger partial charge in [0.15, 0.2) is 5.65 Å². The Hall–Kier alpha value is -2.27. The minimum absolute atomic E-state index is 0.182. The molecule has 1 unspecified atom stereocenters. The molecule has 1 N–H and O–H groups in total. The maximum Gasteiger partial charge on any atom is 0.160 e. The molecule has 0 saturated carbocycles. The van der Waals surface area contributed by atoms with Crippen LogP contribution in [-0.4, -0.2) is 27.6 Å². The summed E-state index contributed by atoms with van der Waals surface area (Å²) in [6.45, 7) is 2.56. The lowest BCUT2D eigenvalue weighted by Crippen LogP contribution is -2.14. The van der Waals surface area contributed by atoms with Gasteiger partial charge in [-0.15, -0.1) is 0 Å². The maximum absolute atomic E-state index is 14.1. The van der Waals surface area contributed by atoms with Crippen molar-refractivity contribution in [2.75, 3.05) is 13.1 Å². The number of benzene rings is 1. The highest BCUT2D eigenvalue weighted by molar-refractivity contribution is 5.71. The van der Waals surface area contributed by atoms with Gasteiger partial charge < -0.3 is 9.88 Å². The topological polar surface area (TPSA) is 42.7 Å². The standard InChI is InChI=1S/C18H19FN4/c19-15-5-2-1-4-14(15)12-23-17(10-13-7-9-20-11-13)22-16-6-3-8-21-18(16)23/h1-6,8,13,20H,7,9-12H2. The molecule has 0 radical (unpaired) electrons. The summed E-state index contributed by atoms with van der Waals surface area (Å²) in [6, 6.07) is 10.8. The van der Waals surface area contributed by atoms with E-state index >= 15 is 0 Å². The first-order valence-electron chi connectivity index (χ1n) is 8.05. The second-order valence-electron chi connectivity index (χ2n) is 6.11. The van der Waals surface area contributed by atoms with E-state index in [0.717, 1.165) is 42.9 Å². The molecule has 4 rings (SSSR count). The zero-order valence-electron chi connectivity index (χ0n) is 12.9. The summed E-state index contributed by atoms with van der Waals surface area (Å²) < 4.78 is 16.1. The van der Waals surface area contributed by atoms with Gasteiger partial charge in [0, 0.05) is 18.2 Å². The maximum atomic E-state index is 14.1. The molecule has 0 spiro atoms. The molecule has 5 heteroatoms. The molecule has 0 bridgehead atoms. The van der Waals surface area contributed by atoms with Gasteiger partial charge in [-0.3, -0.25) is 0 Å². The molecule has 23 heavy (non-hydrogen) atoms. The fourth-order valence-electron chi connectivity index (χ4n) is 3.27. The third kappa shape index (κ3) is 2.84. The number of aromatic nitrogens is 3. The number of rotatable bonds is 4. The van der Waals surface area contributed by atoms with E-state index in [1.54, 1.807) is 12.3 Å². The van der Waals surface area contributed by atoms with Crippen LogP contribution in [0.15, 0.2) is 42.6 Å². The average molecular weight is 310 g/mol. The van der Waals surface area contributed by atoms with Gasteiger partial charge in [-0.05, 0) is 43.6 Å². The van der Waals surface area contributed by atoms with E-state index in [9.17, 15) is 4.39 Å². The van der Waals surface area contributed by atoms with Crippen molar-refractivity contribution in [3.05, 3.63) is 59.8 Å². The van der Waals surface area contributed by atoms with Gasteiger partial charge in [0.2, 0.25) is 0 Å². The summed E-state index contributed by atoms with van der Waals surface area (Å²) in [5.41, 5.74) is 2.38. The smallest absolute Gasteiger partial charge is 0.160 e. The molecule has 3 heterocycles. The highest BCUT2D eigenvalue weighted by Gasteiger charge is 2.20. The lowest BCUT2D eigenvalue weighted by molar-refractivity contribution is 0.539. The zero-order chi connectivity index (χ0) is 15.6. The van der Waals surface area contributed by atoms with E-state index in [0.29, 0.717) is 18.0 Å². The van der Waals surface area contributed by atoms with Crippen LogP contribution in [0.3, 0.4) is 0 Å². The van der Waals surface area contributed by atoms with Crippen LogP contribution in [0, 0.1) is 11.7 Å². The number of nitrogens with zero attached hydrogens (tertiary/aromatic N) is 3. The van der Waals surface area contributed by atoms with E-state index in [2.05, 4.69) is 14.9 Å². The third-order valence-electron chi connectivity index (χ3n) is 4.50. The van der Waals surface area contributed by atoms with Gasteiger partial charge in [-0.1, -0.05) is 18.2 Å². The Labute approximate surface area is 134 Å².